The van der Waals surface area contributed by atoms with E-state index in [9.17, 15) is 14.4 Å². The van der Waals surface area contributed by atoms with Gasteiger partial charge in [0.1, 0.15) is 5.75 Å². The number of carbonyl (C=O) groups is 3. The molecule has 1 aromatic rings. The third kappa shape index (κ3) is 5.61. The standard InChI is InChI=1S/C13H13N3O5/c1-8(12(18)16-13(15)19)21-11(17)7-20-10-4-2-9(6-14)3-5-10/h2-5,8H,7H2,1H3,(H3,15,16,18,19)/t8-/m1/s1. The molecule has 3 amide bonds. The van der Waals surface area contributed by atoms with Crippen molar-refractivity contribution < 1.29 is 23.9 Å². The van der Waals surface area contributed by atoms with Crippen molar-refractivity contribution in [3.05, 3.63) is 29.8 Å². The summed E-state index contributed by atoms with van der Waals surface area (Å²) in [6, 6.07) is 7.02. The van der Waals surface area contributed by atoms with Gasteiger partial charge in [-0.3, -0.25) is 10.1 Å². The Labute approximate surface area is 120 Å². The number of ether oxygens (including phenoxy) is 2. The zero-order valence-corrected chi connectivity index (χ0v) is 11.2. The van der Waals surface area contributed by atoms with Crippen LogP contribution in [0.4, 0.5) is 4.79 Å². The average Bonchev–Trinajstić information content (AvgIpc) is 2.44. The van der Waals surface area contributed by atoms with Gasteiger partial charge in [0, 0.05) is 0 Å². The van der Waals surface area contributed by atoms with E-state index in [0.717, 1.165) is 0 Å². The maximum Gasteiger partial charge on any atom is 0.344 e. The molecule has 0 radical (unpaired) electrons. The minimum absolute atomic E-state index is 0.375. The lowest BCUT2D eigenvalue weighted by atomic mass is 10.2. The monoisotopic (exact) mass is 291 g/mol. The van der Waals surface area contributed by atoms with Gasteiger partial charge < -0.3 is 15.2 Å². The first-order valence-electron chi connectivity index (χ1n) is 5.85. The van der Waals surface area contributed by atoms with Crippen LogP contribution in [0.5, 0.6) is 5.75 Å². The summed E-state index contributed by atoms with van der Waals surface area (Å²) in [4.78, 5) is 33.2. The molecule has 0 aliphatic carbocycles. The summed E-state index contributed by atoms with van der Waals surface area (Å²) in [6.07, 6.45) is -1.17. The summed E-state index contributed by atoms with van der Waals surface area (Å²) in [5.41, 5.74) is 5.22. The van der Waals surface area contributed by atoms with E-state index in [2.05, 4.69) is 0 Å². The Bertz CT molecular complexity index is 576. The molecule has 110 valence electrons. The molecular formula is C13H13N3O5. The number of nitrogens with one attached hydrogen (secondary N) is 1. The maximum atomic E-state index is 11.4. The van der Waals surface area contributed by atoms with Crippen molar-refractivity contribution in [2.45, 2.75) is 13.0 Å². The Kier molecular flexibility index (Phi) is 5.70. The summed E-state index contributed by atoms with van der Waals surface area (Å²) < 4.78 is 9.87. The summed E-state index contributed by atoms with van der Waals surface area (Å²) >= 11 is 0. The Morgan fingerprint density at radius 2 is 1.95 bits per heavy atom. The zero-order chi connectivity index (χ0) is 15.8. The summed E-state index contributed by atoms with van der Waals surface area (Å²) in [5.74, 6) is -1.24. The third-order valence-electron chi connectivity index (χ3n) is 2.26. The van der Waals surface area contributed by atoms with Crippen LogP contribution in [0.25, 0.3) is 0 Å². The van der Waals surface area contributed by atoms with Gasteiger partial charge in [-0.2, -0.15) is 5.26 Å². The molecule has 0 heterocycles. The highest BCUT2D eigenvalue weighted by atomic mass is 16.6. The van der Waals surface area contributed by atoms with E-state index in [1.165, 1.54) is 31.2 Å². The number of esters is 1. The Balaban J connectivity index is 2.41. The van der Waals surface area contributed by atoms with E-state index in [-0.39, 0.29) is 0 Å². The van der Waals surface area contributed by atoms with Gasteiger partial charge in [-0.05, 0) is 31.2 Å². The number of urea groups is 1. The van der Waals surface area contributed by atoms with Crippen LogP contribution in [0.3, 0.4) is 0 Å². The summed E-state index contributed by atoms with van der Waals surface area (Å²) in [5, 5.41) is 10.4. The molecule has 0 aromatic heterocycles. The van der Waals surface area contributed by atoms with Crippen LogP contribution in [-0.2, 0) is 14.3 Å². The van der Waals surface area contributed by atoms with Crippen LogP contribution in [0.1, 0.15) is 12.5 Å². The first-order valence-corrected chi connectivity index (χ1v) is 5.85. The van der Waals surface area contributed by atoms with Gasteiger partial charge >= 0.3 is 12.0 Å². The number of primary amides is 1. The van der Waals surface area contributed by atoms with E-state index < -0.39 is 30.6 Å². The number of hydrogen-bond donors (Lipinski definition) is 2. The summed E-state index contributed by atoms with van der Waals surface area (Å²) in [6.45, 7) is 0.873. The molecular weight excluding hydrogens is 278 g/mol. The van der Waals surface area contributed by atoms with E-state index >= 15 is 0 Å². The molecule has 8 heteroatoms. The smallest absolute Gasteiger partial charge is 0.344 e. The second-order valence-corrected chi connectivity index (χ2v) is 3.91. The van der Waals surface area contributed by atoms with Crippen molar-refractivity contribution in [1.82, 2.24) is 5.32 Å². The molecule has 21 heavy (non-hydrogen) atoms. The fourth-order valence-corrected chi connectivity index (χ4v) is 1.28. The highest BCUT2D eigenvalue weighted by Gasteiger charge is 2.19. The quantitative estimate of drug-likeness (QED) is 0.737. The van der Waals surface area contributed by atoms with E-state index in [0.29, 0.717) is 11.3 Å². The van der Waals surface area contributed by atoms with Crippen LogP contribution in [-0.4, -0.2) is 30.6 Å². The van der Waals surface area contributed by atoms with Gasteiger partial charge in [0.05, 0.1) is 11.6 Å². The Morgan fingerprint density at radius 1 is 1.33 bits per heavy atom. The molecule has 1 atom stereocenters. The minimum atomic E-state index is -1.17. The topological polar surface area (TPSA) is 132 Å². The number of carbonyl (C=O) groups excluding carboxylic acids is 3. The van der Waals surface area contributed by atoms with Crippen LogP contribution in [0.2, 0.25) is 0 Å². The maximum absolute atomic E-state index is 11.4. The normalized spacial score (nSPS) is 10.9. The number of rotatable bonds is 5. The largest absolute Gasteiger partial charge is 0.482 e. The molecule has 0 aliphatic heterocycles. The van der Waals surface area contributed by atoms with Crippen molar-refractivity contribution in [2.24, 2.45) is 5.73 Å². The molecule has 0 bridgehead atoms. The molecule has 1 rings (SSSR count). The van der Waals surface area contributed by atoms with Gasteiger partial charge in [-0.25, -0.2) is 9.59 Å². The van der Waals surface area contributed by atoms with E-state index in [4.69, 9.17) is 20.5 Å². The third-order valence-corrected chi connectivity index (χ3v) is 2.26. The molecule has 0 saturated carbocycles. The first kappa shape index (κ1) is 16.0. The molecule has 1 aromatic carbocycles. The fourth-order valence-electron chi connectivity index (χ4n) is 1.28. The molecule has 3 N–H and O–H groups in total. The van der Waals surface area contributed by atoms with Crippen LogP contribution >= 0.6 is 0 Å². The van der Waals surface area contributed by atoms with Crippen molar-refractivity contribution in [2.75, 3.05) is 6.61 Å². The lowest BCUT2D eigenvalue weighted by Gasteiger charge is -2.12. The van der Waals surface area contributed by atoms with Gasteiger partial charge in [0.25, 0.3) is 5.91 Å². The number of nitrogens with zero attached hydrogens (tertiary/aromatic N) is 1. The van der Waals surface area contributed by atoms with Gasteiger partial charge in [-0.1, -0.05) is 0 Å². The number of amides is 3. The number of benzene rings is 1. The van der Waals surface area contributed by atoms with Gasteiger partial charge in [-0.15, -0.1) is 0 Å². The number of imide groups is 1. The van der Waals surface area contributed by atoms with Crippen molar-refractivity contribution >= 4 is 17.9 Å². The molecule has 8 nitrogen and oxygen atoms in total. The highest BCUT2D eigenvalue weighted by molar-refractivity contribution is 5.96. The van der Waals surface area contributed by atoms with Gasteiger partial charge in [0.2, 0.25) is 0 Å². The highest BCUT2D eigenvalue weighted by Crippen LogP contribution is 2.11. The number of nitriles is 1. The lowest BCUT2D eigenvalue weighted by Crippen LogP contribution is -2.42. The molecule has 0 saturated heterocycles. The molecule has 0 aliphatic rings. The molecule has 0 spiro atoms. The Hall–Kier alpha value is -3.08. The van der Waals surface area contributed by atoms with Crippen molar-refractivity contribution in [3.8, 4) is 11.8 Å². The first-order chi connectivity index (χ1) is 9.92. The second-order valence-electron chi connectivity index (χ2n) is 3.91. The Morgan fingerprint density at radius 3 is 2.48 bits per heavy atom. The van der Waals surface area contributed by atoms with Crippen molar-refractivity contribution in [1.29, 1.82) is 5.26 Å². The van der Waals surface area contributed by atoms with Crippen LogP contribution < -0.4 is 15.8 Å². The fraction of sp³-hybridized carbons (Fsp3) is 0.231. The summed E-state index contributed by atoms with van der Waals surface area (Å²) in [7, 11) is 0. The van der Waals surface area contributed by atoms with Crippen LogP contribution in [0.15, 0.2) is 24.3 Å². The van der Waals surface area contributed by atoms with E-state index in [1.54, 1.807) is 5.32 Å². The van der Waals surface area contributed by atoms with Gasteiger partial charge in [0.15, 0.2) is 12.7 Å². The number of hydrogen-bond acceptors (Lipinski definition) is 6. The average molecular weight is 291 g/mol. The lowest BCUT2D eigenvalue weighted by molar-refractivity contribution is -0.156. The predicted molar refractivity (Wildman–Crippen MR) is 69.9 cm³/mol. The predicted octanol–water partition coefficient (Wildman–Crippen LogP) is 0.0637. The van der Waals surface area contributed by atoms with Crippen molar-refractivity contribution in [3.63, 3.8) is 0 Å². The zero-order valence-electron chi connectivity index (χ0n) is 11.2. The minimum Gasteiger partial charge on any atom is -0.482 e. The van der Waals surface area contributed by atoms with E-state index in [1.807, 2.05) is 6.07 Å². The van der Waals surface area contributed by atoms with Crippen LogP contribution in [0, 0.1) is 11.3 Å². The molecule has 0 fully saturated rings. The molecule has 0 unspecified atom stereocenters. The SMILES string of the molecule is C[C@@H](OC(=O)COc1ccc(C#N)cc1)C(=O)NC(N)=O. The second kappa shape index (κ2) is 7.49. The number of nitrogens with two attached hydrogens (primary N) is 1.